The van der Waals surface area contributed by atoms with Crippen molar-refractivity contribution in [3.05, 3.63) is 35.4 Å². The molecule has 3 N–H and O–H groups in total. The number of phosphoric acid groups is 1. The molecule has 358 valence electrons. The Kier molecular flexibility index (Phi) is 29.7. The standard InChI is InChI=1S/C46H84N5O10P/c1-51(2,3)36-38-61-62(58,59)60-37-19-17-15-13-11-9-7-5-4-6-8-10-12-14-16-18-21-42-23-25-43(26-24-42)22-20-27-47-28-30-48(39-44(52)53)32-34-50(41-46(56)57)35-33-49(31-29-47)40-45(54)55/h23-26H,4-22,27-41H2,1-3H3,(H3-,52,53,54,55,56,57,58,59). The van der Waals surface area contributed by atoms with E-state index in [1.807, 2.05) is 30.9 Å². The maximum absolute atomic E-state index is 11.8. The van der Waals surface area contributed by atoms with E-state index in [1.54, 1.807) is 4.90 Å². The molecular weight excluding hydrogens is 814 g/mol. The number of hydrogen-bond acceptors (Lipinski definition) is 11. The number of likely N-dealkylation sites (N-methyl/N-ethyl adjacent to an activating group) is 1. The number of carboxylic acids is 3. The number of rotatable bonds is 34. The van der Waals surface area contributed by atoms with E-state index in [1.165, 1.54) is 94.6 Å². The largest absolute Gasteiger partial charge is 0.756 e. The summed E-state index contributed by atoms with van der Waals surface area (Å²) in [5.74, 6) is -2.78. The SMILES string of the molecule is C[N+](C)(C)CCOP(=O)([O-])OCCCCCCCCCCCCCCCCCCc1ccc(CCCN2CCN(CC(=O)O)CCN(CC(=O)O)CCN(CC(=O)O)CC2)cc1. The first-order valence-corrected chi connectivity index (χ1v) is 25.1. The van der Waals surface area contributed by atoms with Crippen LogP contribution in [0.15, 0.2) is 24.3 Å². The van der Waals surface area contributed by atoms with Crippen LogP contribution in [0.4, 0.5) is 0 Å². The number of carboxylic acid groups (broad SMARTS) is 3. The van der Waals surface area contributed by atoms with E-state index < -0.39 is 25.7 Å². The Morgan fingerprint density at radius 2 is 0.823 bits per heavy atom. The Bertz CT molecular complexity index is 1370. The third-order valence-electron chi connectivity index (χ3n) is 11.6. The number of aliphatic carboxylic acids is 3. The monoisotopic (exact) mass is 898 g/mol. The van der Waals surface area contributed by atoms with Gasteiger partial charge in [-0.25, -0.2) is 0 Å². The number of carbonyl (C=O) groups is 3. The van der Waals surface area contributed by atoms with Crippen molar-refractivity contribution in [3.8, 4) is 0 Å². The van der Waals surface area contributed by atoms with Gasteiger partial charge in [0.15, 0.2) is 0 Å². The quantitative estimate of drug-likeness (QED) is 0.0411. The van der Waals surface area contributed by atoms with Crippen molar-refractivity contribution in [2.24, 2.45) is 0 Å². The predicted octanol–water partition coefficient (Wildman–Crippen LogP) is 6.09. The van der Waals surface area contributed by atoms with Crippen molar-refractivity contribution in [1.82, 2.24) is 19.6 Å². The van der Waals surface area contributed by atoms with Crippen LogP contribution in [-0.4, -0.2) is 177 Å². The first-order chi connectivity index (χ1) is 29.6. The number of phosphoric ester groups is 1. The molecule has 0 aliphatic carbocycles. The van der Waals surface area contributed by atoms with Gasteiger partial charge in [-0.3, -0.25) is 33.6 Å². The topological polar surface area (TPSA) is 183 Å². The number of aryl methyl sites for hydroxylation is 2. The van der Waals surface area contributed by atoms with Gasteiger partial charge >= 0.3 is 17.9 Å². The van der Waals surface area contributed by atoms with Gasteiger partial charge in [-0.1, -0.05) is 114 Å². The van der Waals surface area contributed by atoms with Crippen LogP contribution in [0.1, 0.15) is 120 Å². The fourth-order valence-electron chi connectivity index (χ4n) is 7.78. The Labute approximate surface area is 373 Å². The first-order valence-electron chi connectivity index (χ1n) is 23.6. The predicted molar refractivity (Wildman–Crippen MR) is 243 cm³/mol. The van der Waals surface area contributed by atoms with Crippen LogP contribution in [0.2, 0.25) is 0 Å². The van der Waals surface area contributed by atoms with E-state index in [9.17, 15) is 39.2 Å². The Morgan fingerprint density at radius 3 is 1.18 bits per heavy atom. The summed E-state index contributed by atoms with van der Waals surface area (Å²) in [6.07, 6.45) is 22.6. The number of hydrogen-bond donors (Lipinski definition) is 3. The zero-order chi connectivity index (χ0) is 45.5. The van der Waals surface area contributed by atoms with Crippen LogP contribution >= 0.6 is 7.82 Å². The molecule has 1 unspecified atom stereocenters. The van der Waals surface area contributed by atoms with Crippen LogP contribution in [0.3, 0.4) is 0 Å². The molecule has 0 bridgehead atoms. The average Bonchev–Trinajstić information content (AvgIpc) is 3.19. The molecule has 16 heteroatoms. The van der Waals surface area contributed by atoms with Crippen LogP contribution in [0, 0.1) is 0 Å². The third kappa shape index (κ3) is 31.4. The maximum atomic E-state index is 11.8. The molecule has 0 aromatic heterocycles. The van der Waals surface area contributed by atoms with Gasteiger partial charge in [0.1, 0.15) is 13.2 Å². The summed E-state index contributed by atoms with van der Waals surface area (Å²) >= 11 is 0. The summed E-state index contributed by atoms with van der Waals surface area (Å²) in [4.78, 5) is 54.2. The van der Waals surface area contributed by atoms with Gasteiger partial charge in [-0.05, 0) is 49.8 Å². The summed E-state index contributed by atoms with van der Waals surface area (Å²) in [5, 5.41) is 28.3. The molecule has 1 heterocycles. The van der Waals surface area contributed by atoms with Crippen molar-refractivity contribution >= 4 is 25.7 Å². The lowest BCUT2D eigenvalue weighted by Gasteiger charge is -2.33. The molecule has 1 aromatic carbocycles. The van der Waals surface area contributed by atoms with Crippen LogP contribution in [0.5, 0.6) is 0 Å². The van der Waals surface area contributed by atoms with Crippen molar-refractivity contribution < 1.29 is 52.7 Å². The first kappa shape index (κ1) is 55.7. The lowest BCUT2D eigenvalue weighted by atomic mass is 10.0. The molecule has 1 aliphatic heterocycles. The minimum Gasteiger partial charge on any atom is -0.756 e. The normalized spacial score (nSPS) is 16.7. The third-order valence-corrected chi connectivity index (χ3v) is 12.6. The Balaban J connectivity index is 1.52. The van der Waals surface area contributed by atoms with Gasteiger partial charge in [-0.15, -0.1) is 0 Å². The lowest BCUT2D eigenvalue weighted by Crippen LogP contribution is -2.48. The molecule has 1 aliphatic rings. The fraction of sp³-hybridized carbons (Fsp3) is 0.804. The molecule has 0 amide bonds. The maximum Gasteiger partial charge on any atom is 0.317 e. The van der Waals surface area contributed by atoms with E-state index in [0.29, 0.717) is 63.4 Å². The van der Waals surface area contributed by atoms with Gasteiger partial charge in [0.2, 0.25) is 0 Å². The molecule has 1 atom stereocenters. The molecule has 1 fully saturated rings. The van der Waals surface area contributed by atoms with Gasteiger partial charge in [0.05, 0.1) is 47.4 Å². The molecule has 2 rings (SSSR count). The Morgan fingerprint density at radius 1 is 0.516 bits per heavy atom. The zero-order valence-electron chi connectivity index (χ0n) is 38.7. The number of quaternary nitrogens is 1. The highest BCUT2D eigenvalue weighted by Gasteiger charge is 2.20. The summed E-state index contributed by atoms with van der Waals surface area (Å²) in [7, 11) is 1.78. The molecule has 0 spiro atoms. The molecule has 0 saturated carbocycles. The molecular formula is C46H84N5O10P. The minimum atomic E-state index is -4.19. The number of benzene rings is 1. The van der Waals surface area contributed by atoms with Gasteiger partial charge < -0.3 is 38.6 Å². The molecule has 15 nitrogen and oxygen atoms in total. The highest BCUT2D eigenvalue weighted by Crippen LogP contribution is 2.38. The highest BCUT2D eigenvalue weighted by molar-refractivity contribution is 7.45. The van der Waals surface area contributed by atoms with Crippen LogP contribution in [-0.2, 0) is 40.8 Å². The van der Waals surface area contributed by atoms with Gasteiger partial charge in [0.25, 0.3) is 7.82 Å². The fourth-order valence-corrected chi connectivity index (χ4v) is 8.51. The summed E-state index contributed by atoms with van der Waals surface area (Å²) in [6, 6.07) is 8.99. The molecule has 1 saturated heterocycles. The van der Waals surface area contributed by atoms with E-state index in [0.717, 1.165) is 45.1 Å². The zero-order valence-corrected chi connectivity index (χ0v) is 39.6. The lowest BCUT2D eigenvalue weighted by molar-refractivity contribution is -0.870. The van der Waals surface area contributed by atoms with Crippen molar-refractivity contribution in [2.45, 2.75) is 122 Å². The summed E-state index contributed by atoms with van der Waals surface area (Å²) in [6.45, 7) is 5.44. The minimum absolute atomic E-state index is 0.105. The van der Waals surface area contributed by atoms with Crippen molar-refractivity contribution in [2.75, 3.05) is 119 Å². The second kappa shape index (κ2) is 33.1. The second-order valence-corrected chi connectivity index (χ2v) is 19.7. The summed E-state index contributed by atoms with van der Waals surface area (Å²) < 4.78 is 22.4. The van der Waals surface area contributed by atoms with Gasteiger partial charge in [-0.2, -0.15) is 0 Å². The highest BCUT2D eigenvalue weighted by atomic mass is 31.2. The Hall–Kier alpha value is -2.46. The average molecular weight is 898 g/mol. The van der Waals surface area contributed by atoms with E-state index in [4.69, 9.17) is 9.05 Å². The van der Waals surface area contributed by atoms with E-state index in [2.05, 4.69) is 29.2 Å². The second-order valence-electron chi connectivity index (χ2n) is 18.3. The van der Waals surface area contributed by atoms with Crippen molar-refractivity contribution in [3.63, 3.8) is 0 Å². The number of unbranched alkanes of at least 4 members (excludes halogenated alkanes) is 15. The molecule has 1 aromatic rings. The van der Waals surface area contributed by atoms with E-state index >= 15 is 0 Å². The van der Waals surface area contributed by atoms with Crippen LogP contribution < -0.4 is 4.89 Å². The smallest absolute Gasteiger partial charge is 0.317 e. The van der Waals surface area contributed by atoms with Crippen molar-refractivity contribution in [1.29, 1.82) is 0 Å². The van der Waals surface area contributed by atoms with Gasteiger partial charge in [0, 0.05) is 52.4 Å². The number of nitrogens with zero attached hydrogens (tertiary/aromatic N) is 5. The van der Waals surface area contributed by atoms with Crippen LogP contribution in [0.25, 0.3) is 0 Å². The molecule has 0 radical (unpaired) electrons. The molecule has 62 heavy (non-hydrogen) atoms. The summed E-state index contributed by atoms with van der Waals surface area (Å²) in [5.41, 5.74) is 2.68. The van der Waals surface area contributed by atoms with E-state index in [-0.39, 0.29) is 32.8 Å².